The number of carbonyl (C=O) groups excluding carboxylic acids is 2. The summed E-state index contributed by atoms with van der Waals surface area (Å²) in [5.41, 5.74) is 7.06. The second-order valence-electron chi connectivity index (χ2n) is 8.07. The fourth-order valence-corrected chi connectivity index (χ4v) is 3.27. The number of aryl methyl sites for hydroxylation is 2. The summed E-state index contributed by atoms with van der Waals surface area (Å²) in [6.45, 7) is 6.71. The van der Waals surface area contributed by atoms with Crippen molar-refractivity contribution in [3.05, 3.63) is 89.0 Å². The van der Waals surface area contributed by atoms with Crippen molar-refractivity contribution in [1.29, 1.82) is 0 Å². The Kier molecular flexibility index (Phi) is 9.42. The van der Waals surface area contributed by atoms with E-state index in [1.54, 1.807) is 6.07 Å². The largest absolute Gasteiger partial charge is 0.490 e. The second-order valence-corrected chi connectivity index (χ2v) is 8.07. The van der Waals surface area contributed by atoms with Gasteiger partial charge in [0.15, 0.2) is 11.5 Å². The first-order valence-electron chi connectivity index (χ1n) is 11.6. The van der Waals surface area contributed by atoms with Crippen molar-refractivity contribution in [3.8, 4) is 11.5 Å². The second kappa shape index (κ2) is 12.9. The lowest BCUT2D eigenvalue weighted by molar-refractivity contribution is -0.124. The molecule has 0 unspecified atom stereocenters. The normalized spacial score (nSPS) is 10.7. The lowest BCUT2D eigenvalue weighted by Gasteiger charge is -2.12. The Balaban J connectivity index is 1.49. The number of hydrogen-bond donors (Lipinski definition) is 2. The lowest BCUT2D eigenvalue weighted by Crippen LogP contribution is -2.21. The molecule has 2 amide bonds. The molecule has 7 nitrogen and oxygen atoms in total. The Bertz CT molecular complexity index is 1180. The van der Waals surface area contributed by atoms with Crippen LogP contribution in [0.1, 0.15) is 42.0 Å². The number of ether oxygens (including phenoxy) is 2. The third-order valence-electron chi connectivity index (χ3n) is 5.15. The van der Waals surface area contributed by atoms with Crippen LogP contribution in [0.3, 0.4) is 0 Å². The van der Waals surface area contributed by atoms with Crippen molar-refractivity contribution in [2.75, 3.05) is 11.9 Å². The lowest BCUT2D eigenvalue weighted by atomic mass is 10.1. The number of anilines is 1. The van der Waals surface area contributed by atoms with E-state index in [4.69, 9.17) is 9.47 Å². The summed E-state index contributed by atoms with van der Waals surface area (Å²) >= 11 is 0. The van der Waals surface area contributed by atoms with Crippen molar-refractivity contribution in [2.24, 2.45) is 5.10 Å². The molecule has 0 bridgehead atoms. The van der Waals surface area contributed by atoms with Gasteiger partial charge in [-0.15, -0.1) is 0 Å². The first-order valence-corrected chi connectivity index (χ1v) is 11.6. The Morgan fingerprint density at radius 3 is 2.43 bits per heavy atom. The molecule has 0 heterocycles. The molecule has 0 spiro atoms. The maximum atomic E-state index is 12.2. The van der Waals surface area contributed by atoms with Crippen LogP contribution in [0.5, 0.6) is 11.5 Å². The molecule has 0 atom stereocenters. The summed E-state index contributed by atoms with van der Waals surface area (Å²) in [5.74, 6) is 0.670. The molecule has 7 heteroatoms. The molecule has 0 saturated heterocycles. The number of carbonyl (C=O) groups is 2. The first-order chi connectivity index (χ1) is 16.9. The molecule has 3 rings (SSSR count). The predicted octanol–water partition coefficient (Wildman–Crippen LogP) is 5.15. The number of hydrazone groups is 1. The van der Waals surface area contributed by atoms with E-state index in [0.717, 1.165) is 27.9 Å². The summed E-state index contributed by atoms with van der Waals surface area (Å²) in [5, 5.41) is 6.85. The Morgan fingerprint density at radius 1 is 0.886 bits per heavy atom. The third-order valence-corrected chi connectivity index (χ3v) is 5.15. The summed E-state index contributed by atoms with van der Waals surface area (Å²) in [6, 6.07) is 21.2. The highest BCUT2D eigenvalue weighted by atomic mass is 16.5. The third kappa shape index (κ3) is 8.30. The van der Waals surface area contributed by atoms with E-state index in [2.05, 4.69) is 15.8 Å². The minimum atomic E-state index is -0.342. The molecular weight excluding hydrogens is 442 g/mol. The van der Waals surface area contributed by atoms with Crippen molar-refractivity contribution in [1.82, 2.24) is 5.43 Å². The molecule has 35 heavy (non-hydrogen) atoms. The van der Waals surface area contributed by atoms with Gasteiger partial charge in [0.2, 0.25) is 11.8 Å². The SMILES string of the molecule is CCOc1cc(C=NNC(=O)CCC(=O)Nc2cc(C)ccc2C)ccc1OCc1ccccc1. The fourth-order valence-electron chi connectivity index (χ4n) is 3.27. The van der Waals surface area contributed by atoms with E-state index in [9.17, 15) is 9.59 Å². The quantitative estimate of drug-likeness (QED) is 0.298. The highest BCUT2D eigenvalue weighted by Gasteiger charge is 2.09. The number of benzene rings is 3. The molecule has 0 radical (unpaired) electrons. The van der Waals surface area contributed by atoms with Crippen LogP contribution in [-0.4, -0.2) is 24.6 Å². The van der Waals surface area contributed by atoms with Gasteiger partial charge in [-0.25, -0.2) is 5.43 Å². The molecule has 0 aromatic heterocycles. The number of hydrogen-bond acceptors (Lipinski definition) is 5. The number of nitrogens with zero attached hydrogens (tertiary/aromatic N) is 1. The predicted molar refractivity (Wildman–Crippen MR) is 138 cm³/mol. The van der Waals surface area contributed by atoms with Crippen LogP contribution in [0.4, 0.5) is 5.69 Å². The highest BCUT2D eigenvalue weighted by molar-refractivity contribution is 5.94. The molecule has 2 N–H and O–H groups in total. The van der Waals surface area contributed by atoms with Crippen LogP contribution >= 0.6 is 0 Å². The van der Waals surface area contributed by atoms with Gasteiger partial charge in [-0.05, 0) is 67.3 Å². The fraction of sp³-hybridized carbons (Fsp3) is 0.250. The van der Waals surface area contributed by atoms with Crippen LogP contribution < -0.4 is 20.2 Å². The minimum Gasteiger partial charge on any atom is -0.490 e. The average Bonchev–Trinajstić information content (AvgIpc) is 2.85. The van der Waals surface area contributed by atoms with Gasteiger partial charge in [0, 0.05) is 18.5 Å². The van der Waals surface area contributed by atoms with E-state index in [-0.39, 0.29) is 24.7 Å². The first kappa shape index (κ1) is 25.5. The Morgan fingerprint density at radius 2 is 1.66 bits per heavy atom. The molecule has 3 aromatic carbocycles. The monoisotopic (exact) mass is 473 g/mol. The molecular formula is C28H31N3O4. The number of rotatable bonds is 11. The van der Waals surface area contributed by atoms with E-state index in [1.807, 2.05) is 81.4 Å². The minimum absolute atomic E-state index is 0.0322. The smallest absolute Gasteiger partial charge is 0.240 e. The molecule has 3 aromatic rings. The molecule has 182 valence electrons. The maximum absolute atomic E-state index is 12.2. The average molecular weight is 474 g/mol. The topological polar surface area (TPSA) is 89.0 Å². The van der Waals surface area contributed by atoms with E-state index >= 15 is 0 Å². The molecule has 0 fully saturated rings. The van der Waals surface area contributed by atoms with Crippen molar-refractivity contribution < 1.29 is 19.1 Å². The van der Waals surface area contributed by atoms with Gasteiger partial charge < -0.3 is 14.8 Å². The standard InChI is InChI=1S/C28H31N3O4/c1-4-34-26-17-23(12-13-25(26)35-19-22-8-6-5-7-9-22)18-29-31-28(33)15-14-27(32)30-24-16-20(2)10-11-21(24)3/h5-13,16-18H,4,14-15,19H2,1-3H3,(H,30,32)(H,31,33). The van der Waals surface area contributed by atoms with Crippen molar-refractivity contribution in [3.63, 3.8) is 0 Å². The van der Waals surface area contributed by atoms with Crippen LogP contribution in [0, 0.1) is 13.8 Å². The Hall–Kier alpha value is -4.13. The summed E-state index contributed by atoms with van der Waals surface area (Å²) in [6.07, 6.45) is 1.62. The zero-order valence-electron chi connectivity index (χ0n) is 20.3. The van der Waals surface area contributed by atoms with Crippen LogP contribution in [0.15, 0.2) is 71.8 Å². The van der Waals surface area contributed by atoms with E-state index in [1.165, 1.54) is 6.21 Å². The number of nitrogens with one attached hydrogen (secondary N) is 2. The zero-order valence-corrected chi connectivity index (χ0v) is 20.3. The van der Waals surface area contributed by atoms with Crippen LogP contribution in [-0.2, 0) is 16.2 Å². The summed E-state index contributed by atoms with van der Waals surface area (Å²) < 4.78 is 11.6. The molecule has 0 aliphatic carbocycles. The Labute approximate surface area is 206 Å². The zero-order chi connectivity index (χ0) is 25.0. The summed E-state index contributed by atoms with van der Waals surface area (Å²) in [4.78, 5) is 24.3. The van der Waals surface area contributed by atoms with Gasteiger partial charge in [0.25, 0.3) is 0 Å². The van der Waals surface area contributed by atoms with Crippen molar-refractivity contribution >= 4 is 23.7 Å². The van der Waals surface area contributed by atoms with Gasteiger partial charge in [-0.2, -0.15) is 5.10 Å². The molecule has 0 saturated carbocycles. The maximum Gasteiger partial charge on any atom is 0.240 e. The molecule has 0 aliphatic rings. The number of amides is 2. The van der Waals surface area contributed by atoms with Gasteiger partial charge in [-0.1, -0.05) is 42.5 Å². The molecule has 0 aliphatic heterocycles. The van der Waals surface area contributed by atoms with Gasteiger partial charge >= 0.3 is 0 Å². The van der Waals surface area contributed by atoms with E-state index in [0.29, 0.717) is 24.7 Å². The van der Waals surface area contributed by atoms with Gasteiger partial charge in [0.05, 0.1) is 12.8 Å². The van der Waals surface area contributed by atoms with Crippen LogP contribution in [0.2, 0.25) is 0 Å². The highest BCUT2D eigenvalue weighted by Crippen LogP contribution is 2.29. The van der Waals surface area contributed by atoms with Gasteiger partial charge in [0.1, 0.15) is 6.61 Å². The van der Waals surface area contributed by atoms with Gasteiger partial charge in [-0.3, -0.25) is 9.59 Å². The van der Waals surface area contributed by atoms with Crippen molar-refractivity contribution in [2.45, 2.75) is 40.2 Å². The van der Waals surface area contributed by atoms with Crippen LogP contribution in [0.25, 0.3) is 0 Å². The summed E-state index contributed by atoms with van der Waals surface area (Å²) in [7, 11) is 0. The van der Waals surface area contributed by atoms with E-state index < -0.39 is 0 Å².